The van der Waals surface area contributed by atoms with Crippen molar-refractivity contribution in [1.29, 1.82) is 0 Å². The fraction of sp³-hybridized carbons (Fsp3) is 1.00. The lowest BCUT2D eigenvalue weighted by Gasteiger charge is -2.37. The molecule has 1 heterocycles. The maximum Gasteiger partial charge on any atom is 0.166 e. The minimum atomic E-state index is -0.798. The summed E-state index contributed by atoms with van der Waals surface area (Å²) in [5, 5.41) is 9.29. The number of rotatable bonds is 4. The van der Waals surface area contributed by atoms with Crippen molar-refractivity contribution in [2.45, 2.75) is 32.7 Å². The molecule has 1 rings (SSSR count). The minimum absolute atomic E-state index is 0.168. The molecule has 0 aromatic rings. The molecule has 1 aliphatic heterocycles. The first-order valence-electron chi connectivity index (χ1n) is 5.62. The number of ether oxygens (including phenoxy) is 1. The molecule has 1 saturated heterocycles. The number of aliphatic hydroxyl groups excluding tert-OH is 1. The topological polar surface area (TPSA) is 32.7 Å². The van der Waals surface area contributed by atoms with E-state index in [1.165, 1.54) is 7.11 Å². The van der Waals surface area contributed by atoms with Crippen molar-refractivity contribution in [3.8, 4) is 0 Å². The van der Waals surface area contributed by atoms with Crippen molar-refractivity contribution in [3.63, 3.8) is 0 Å². The van der Waals surface area contributed by atoms with Crippen LogP contribution in [0.2, 0.25) is 0 Å². The SMILES string of the molecule is COC(O)CN1CCC(C(C)C)C(F)C1. The highest BCUT2D eigenvalue weighted by Crippen LogP contribution is 2.27. The Kier molecular flexibility index (Phi) is 4.96. The van der Waals surface area contributed by atoms with E-state index < -0.39 is 12.5 Å². The Hall–Kier alpha value is -0.190. The van der Waals surface area contributed by atoms with Crippen LogP contribution in [0.4, 0.5) is 4.39 Å². The first-order chi connectivity index (χ1) is 7.04. The lowest BCUT2D eigenvalue weighted by Crippen LogP contribution is -2.46. The zero-order chi connectivity index (χ0) is 11.4. The summed E-state index contributed by atoms with van der Waals surface area (Å²) in [7, 11) is 1.46. The van der Waals surface area contributed by atoms with Gasteiger partial charge >= 0.3 is 0 Å². The monoisotopic (exact) mass is 219 g/mol. The molecule has 1 N–H and O–H groups in total. The maximum absolute atomic E-state index is 13.7. The zero-order valence-electron chi connectivity index (χ0n) is 9.82. The van der Waals surface area contributed by atoms with E-state index in [1.807, 2.05) is 4.90 Å². The number of halogens is 1. The molecule has 0 radical (unpaired) electrons. The summed E-state index contributed by atoms with van der Waals surface area (Å²) >= 11 is 0. The Balaban J connectivity index is 2.37. The molecule has 0 aromatic carbocycles. The van der Waals surface area contributed by atoms with Crippen LogP contribution in [-0.4, -0.2) is 49.2 Å². The second kappa shape index (κ2) is 5.77. The lowest BCUT2D eigenvalue weighted by molar-refractivity contribution is -0.0991. The third-order valence-electron chi connectivity index (χ3n) is 3.22. The van der Waals surface area contributed by atoms with Crippen LogP contribution < -0.4 is 0 Å². The molecule has 0 bridgehead atoms. The van der Waals surface area contributed by atoms with Gasteiger partial charge in [-0.05, 0) is 24.8 Å². The molecule has 0 spiro atoms. The van der Waals surface area contributed by atoms with E-state index in [0.717, 1.165) is 13.0 Å². The predicted octanol–water partition coefficient (Wildman–Crippen LogP) is 1.27. The molecule has 3 nitrogen and oxygen atoms in total. The second-order valence-corrected chi connectivity index (χ2v) is 4.66. The fourth-order valence-electron chi connectivity index (χ4n) is 2.20. The van der Waals surface area contributed by atoms with Gasteiger partial charge in [-0.1, -0.05) is 13.8 Å². The number of piperidine rings is 1. The van der Waals surface area contributed by atoms with Gasteiger partial charge in [-0.3, -0.25) is 4.90 Å². The summed E-state index contributed by atoms with van der Waals surface area (Å²) in [5.41, 5.74) is 0. The second-order valence-electron chi connectivity index (χ2n) is 4.66. The lowest BCUT2D eigenvalue weighted by atomic mass is 9.85. The normalized spacial score (nSPS) is 30.8. The van der Waals surface area contributed by atoms with E-state index in [1.54, 1.807) is 0 Å². The first-order valence-corrected chi connectivity index (χ1v) is 5.62. The molecular formula is C11H22FNO2. The van der Waals surface area contributed by atoms with Gasteiger partial charge in [-0.2, -0.15) is 0 Å². The van der Waals surface area contributed by atoms with Crippen molar-refractivity contribution in [2.75, 3.05) is 26.7 Å². The predicted molar refractivity (Wildman–Crippen MR) is 57.3 cm³/mol. The Morgan fingerprint density at radius 3 is 2.67 bits per heavy atom. The van der Waals surface area contributed by atoms with Crippen LogP contribution in [0.1, 0.15) is 20.3 Å². The molecule has 90 valence electrons. The number of methoxy groups -OCH3 is 1. The van der Waals surface area contributed by atoms with Gasteiger partial charge in [0, 0.05) is 20.2 Å². The molecule has 3 atom stereocenters. The average Bonchev–Trinajstić information content (AvgIpc) is 2.17. The van der Waals surface area contributed by atoms with Gasteiger partial charge in [-0.25, -0.2) is 4.39 Å². The van der Waals surface area contributed by atoms with Crippen LogP contribution in [0.15, 0.2) is 0 Å². The highest BCUT2D eigenvalue weighted by atomic mass is 19.1. The first kappa shape index (κ1) is 12.9. The van der Waals surface area contributed by atoms with E-state index in [-0.39, 0.29) is 5.92 Å². The maximum atomic E-state index is 13.7. The van der Waals surface area contributed by atoms with Crippen molar-refractivity contribution in [2.24, 2.45) is 11.8 Å². The van der Waals surface area contributed by atoms with E-state index in [9.17, 15) is 9.50 Å². The van der Waals surface area contributed by atoms with Gasteiger partial charge in [0.2, 0.25) is 0 Å². The smallest absolute Gasteiger partial charge is 0.166 e. The van der Waals surface area contributed by atoms with Gasteiger partial charge in [0.15, 0.2) is 6.29 Å². The number of aliphatic hydroxyl groups is 1. The van der Waals surface area contributed by atoms with Crippen molar-refractivity contribution in [3.05, 3.63) is 0 Å². The number of alkyl halides is 1. The van der Waals surface area contributed by atoms with Crippen LogP contribution in [0.5, 0.6) is 0 Å². The number of hydrogen-bond donors (Lipinski definition) is 1. The van der Waals surface area contributed by atoms with E-state index in [4.69, 9.17) is 4.74 Å². The molecule has 0 saturated carbocycles. The molecule has 15 heavy (non-hydrogen) atoms. The summed E-state index contributed by atoms with van der Waals surface area (Å²) in [4.78, 5) is 1.93. The Labute approximate surface area is 91.2 Å². The highest BCUT2D eigenvalue weighted by molar-refractivity contribution is 4.82. The number of nitrogens with zero attached hydrogens (tertiary/aromatic N) is 1. The Morgan fingerprint density at radius 2 is 2.20 bits per heavy atom. The van der Waals surface area contributed by atoms with Crippen LogP contribution in [0, 0.1) is 11.8 Å². The molecular weight excluding hydrogens is 197 g/mol. The van der Waals surface area contributed by atoms with Crippen molar-refractivity contribution < 1.29 is 14.2 Å². The molecule has 4 heteroatoms. The van der Waals surface area contributed by atoms with Gasteiger partial charge in [0.25, 0.3) is 0 Å². The van der Waals surface area contributed by atoms with Gasteiger partial charge in [0.1, 0.15) is 6.17 Å². The summed E-state index contributed by atoms with van der Waals surface area (Å²) in [6.45, 7) is 5.81. The van der Waals surface area contributed by atoms with Gasteiger partial charge in [0.05, 0.1) is 0 Å². The minimum Gasteiger partial charge on any atom is -0.367 e. The summed E-state index contributed by atoms with van der Waals surface area (Å²) < 4.78 is 18.5. The third kappa shape index (κ3) is 3.70. The summed E-state index contributed by atoms with van der Waals surface area (Å²) in [6.07, 6.45) is -0.703. The molecule has 1 fully saturated rings. The Bertz CT molecular complexity index is 189. The third-order valence-corrected chi connectivity index (χ3v) is 3.22. The number of likely N-dealkylation sites (tertiary alicyclic amines) is 1. The van der Waals surface area contributed by atoms with Crippen LogP contribution in [0.3, 0.4) is 0 Å². The average molecular weight is 219 g/mol. The summed E-state index contributed by atoms with van der Waals surface area (Å²) in [5.74, 6) is 0.565. The zero-order valence-corrected chi connectivity index (χ0v) is 9.82. The molecule has 1 aliphatic rings. The Morgan fingerprint density at radius 1 is 1.53 bits per heavy atom. The number of hydrogen-bond acceptors (Lipinski definition) is 3. The van der Waals surface area contributed by atoms with Gasteiger partial charge < -0.3 is 9.84 Å². The van der Waals surface area contributed by atoms with E-state index >= 15 is 0 Å². The van der Waals surface area contributed by atoms with Gasteiger partial charge in [-0.15, -0.1) is 0 Å². The fourth-order valence-corrected chi connectivity index (χ4v) is 2.20. The van der Waals surface area contributed by atoms with Crippen LogP contribution >= 0.6 is 0 Å². The quantitative estimate of drug-likeness (QED) is 0.723. The molecule has 0 aliphatic carbocycles. The van der Waals surface area contributed by atoms with Crippen molar-refractivity contribution >= 4 is 0 Å². The highest BCUT2D eigenvalue weighted by Gasteiger charge is 2.31. The molecule has 0 amide bonds. The molecule has 0 aromatic heterocycles. The van der Waals surface area contributed by atoms with E-state index in [2.05, 4.69) is 13.8 Å². The van der Waals surface area contributed by atoms with Crippen LogP contribution in [-0.2, 0) is 4.74 Å². The summed E-state index contributed by atoms with van der Waals surface area (Å²) in [6, 6.07) is 0. The standard InChI is InChI=1S/C11H22FNO2/c1-8(2)9-4-5-13(6-10(9)12)7-11(14)15-3/h8-11,14H,4-7H2,1-3H3. The molecule has 3 unspecified atom stereocenters. The van der Waals surface area contributed by atoms with Crippen molar-refractivity contribution in [1.82, 2.24) is 4.90 Å². The van der Waals surface area contributed by atoms with Crippen LogP contribution in [0.25, 0.3) is 0 Å². The number of β-amino-alcohol motifs (C(OH)–C–C–N with tert-alkyl or cyclic N) is 1. The largest absolute Gasteiger partial charge is 0.367 e. The van der Waals surface area contributed by atoms with E-state index in [0.29, 0.717) is 19.0 Å².